The zero-order valence-electron chi connectivity index (χ0n) is 8.03. The van der Waals surface area contributed by atoms with Crippen molar-refractivity contribution in [3.63, 3.8) is 0 Å². The van der Waals surface area contributed by atoms with Crippen LogP contribution in [0.25, 0.3) is 0 Å². The Bertz CT molecular complexity index is 388. The first-order chi connectivity index (χ1) is 7.21. The van der Waals surface area contributed by atoms with Crippen LogP contribution in [0.15, 0.2) is 24.3 Å². The van der Waals surface area contributed by atoms with Crippen molar-refractivity contribution in [2.24, 2.45) is 0 Å². The molecule has 5 nitrogen and oxygen atoms in total. The molecule has 1 aromatic carbocycles. The lowest BCUT2D eigenvalue weighted by Gasteiger charge is -2.37. The molecule has 0 aliphatic carbocycles. The molecule has 0 saturated heterocycles. The predicted octanol–water partition coefficient (Wildman–Crippen LogP) is -0.477. The Morgan fingerprint density at radius 1 is 1.13 bits per heavy atom. The van der Waals surface area contributed by atoms with Crippen molar-refractivity contribution in [2.75, 3.05) is 18.5 Å². The zero-order chi connectivity index (χ0) is 10.9. The number of carbonyl (C=O) groups excluding carboxylic acids is 1. The first-order valence-electron chi connectivity index (χ1n) is 4.62. The van der Waals surface area contributed by atoms with Crippen molar-refractivity contribution >= 4 is 11.6 Å². The summed E-state index contributed by atoms with van der Waals surface area (Å²) in [7, 11) is 0. The number of hydrogen-bond acceptors (Lipinski definition) is 4. The number of carbonyl (C=O) groups is 1. The lowest BCUT2D eigenvalue weighted by molar-refractivity contribution is 0.0724. The van der Waals surface area contributed by atoms with Gasteiger partial charge in [-0.25, -0.2) is 0 Å². The Labute approximate surface area is 86.7 Å². The van der Waals surface area contributed by atoms with Crippen LogP contribution in [0.5, 0.6) is 0 Å². The molecule has 0 spiro atoms. The summed E-state index contributed by atoms with van der Waals surface area (Å²) < 4.78 is 0. The molecule has 1 aromatic rings. The van der Waals surface area contributed by atoms with E-state index >= 15 is 0 Å². The molecule has 0 saturated carbocycles. The minimum atomic E-state index is -1.16. The lowest BCUT2D eigenvalue weighted by atomic mass is 10.0. The third kappa shape index (κ3) is 1.55. The minimum absolute atomic E-state index is 0.299. The number of rotatable bonds is 2. The topological polar surface area (TPSA) is 81.6 Å². The van der Waals surface area contributed by atoms with Gasteiger partial charge in [0.1, 0.15) is 0 Å². The van der Waals surface area contributed by atoms with E-state index in [0.717, 1.165) is 0 Å². The van der Waals surface area contributed by atoms with Gasteiger partial charge in [-0.1, -0.05) is 12.1 Å². The molecular formula is C10H12N2O3. The van der Waals surface area contributed by atoms with Crippen LogP contribution in [0.4, 0.5) is 5.69 Å². The van der Waals surface area contributed by atoms with Crippen LogP contribution < -0.4 is 10.6 Å². The van der Waals surface area contributed by atoms with E-state index in [0.29, 0.717) is 11.3 Å². The number of anilines is 1. The molecule has 0 atom stereocenters. The summed E-state index contributed by atoms with van der Waals surface area (Å²) in [5.41, 5.74) is -0.0369. The molecule has 1 amide bonds. The van der Waals surface area contributed by atoms with Crippen LogP contribution in [0, 0.1) is 0 Å². The molecule has 1 aliphatic heterocycles. The Hall–Kier alpha value is -1.59. The van der Waals surface area contributed by atoms with Gasteiger partial charge in [0.25, 0.3) is 5.91 Å². The van der Waals surface area contributed by atoms with Crippen LogP contribution in [0.2, 0.25) is 0 Å². The predicted molar refractivity (Wildman–Crippen MR) is 54.4 cm³/mol. The second-order valence-corrected chi connectivity index (χ2v) is 3.52. The number of hydrogen-bond donors (Lipinski definition) is 4. The maximum absolute atomic E-state index is 11.6. The van der Waals surface area contributed by atoms with Gasteiger partial charge < -0.3 is 20.8 Å². The number of benzene rings is 1. The number of nitrogens with one attached hydrogen (secondary N) is 2. The van der Waals surface area contributed by atoms with Crippen LogP contribution in [0.1, 0.15) is 10.4 Å². The van der Waals surface area contributed by atoms with Crippen LogP contribution >= 0.6 is 0 Å². The van der Waals surface area contributed by atoms with E-state index in [1.165, 1.54) is 0 Å². The number of aliphatic hydroxyl groups excluding tert-OH is 2. The van der Waals surface area contributed by atoms with Crippen LogP contribution in [-0.2, 0) is 0 Å². The Morgan fingerprint density at radius 3 is 2.47 bits per heavy atom. The summed E-state index contributed by atoms with van der Waals surface area (Å²) >= 11 is 0. The van der Waals surface area contributed by atoms with Gasteiger partial charge in [-0.3, -0.25) is 4.79 Å². The first-order valence-corrected chi connectivity index (χ1v) is 4.62. The van der Waals surface area contributed by atoms with Crippen molar-refractivity contribution in [3.05, 3.63) is 29.8 Å². The highest BCUT2D eigenvalue weighted by molar-refractivity contribution is 6.02. The van der Waals surface area contributed by atoms with Gasteiger partial charge in [-0.15, -0.1) is 0 Å². The van der Waals surface area contributed by atoms with E-state index < -0.39 is 5.66 Å². The van der Waals surface area contributed by atoms with Gasteiger partial charge in [0.2, 0.25) is 0 Å². The number of fused-ring (bicyclic) bond motifs is 1. The molecule has 2 rings (SSSR count). The zero-order valence-corrected chi connectivity index (χ0v) is 8.03. The van der Waals surface area contributed by atoms with E-state index in [2.05, 4.69) is 10.6 Å². The monoisotopic (exact) mass is 208 g/mol. The summed E-state index contributed by atoms with van der Waals surface area (Å²) in [5, 5.41) is 23.7. The van der Waals surface area contributed by atoms with Crippen molar-refractivity contribution in [1.82, 2.24) is 5.32 Å². The molecule has 0 aromatic heterocycles. The molecule has 15 heavy (non-hydrogen) atoms. The SMILES string of the molecule is O=C1NC(CO)(CO)Nc2ccccc21. The van der Waals surface area contributed by atoms with Crippen LogP contribution in [-0.4, -0.2) is 35.0 Å². The van der Waals surface area contributed by atoms with E-state index in [1.54, 1.807) is 24.3 Å². The van der Waals surface area contributed by atoms with Crippen molar-refractivity contribution in [2.45, 2.75) is 5.66 Å². The van der Waals surface area contributed by atoms with Gasteiger partial charge in [0.05, 0.1) is 18.8 Å². The van der Waals surface area contributed by atoms with Gasteiger partial charge in [0, 0.05) is 5.69 Å². The van der Waals surface area contributed by atoms with E-state index in [-0.39, 0.29) is 19.1 Å². The number of amides is 1. The number of aliphatic hydroxyl groups is 2. The van der Waals surface area contributed by atoms with Gasteiger partial charge >= 0.3 is 0 Å². The van der Waals surface area contributed by atoms with Crippen molar-refractivity contribution < 1.29 is 15.0 Å². The fraction of sp³-hybridized carbons (Fsp3) is 0.300. The largest absolute Gasteiger partial charge is 0.392 e. The third-order valence-electron chi connectivity index (χ3n) is 2.44. The maximum atomic E-state index is 11.6. The summed E-state index contributed by atoms with van der Waals surface area (Å²) in [5.74, 6) is -0.299. The second-order valence-electron chi connectivity index (χ2n) is 3.52. The standard InChI is InChI=1S/C10H12N2O3/c13-5-10(6-14)11-8-4-2-1-3-7(8)9(15)12-10/h1-4,11,13-14H,5-6H2,(H,12,15). The van der Waals surface area contributed by atoms with E-state index in [4.69, 9.17) is 10.2 Å². The van der Waals surface area contributed by atoms with Crippen LogP contribution in [0.3, 0.4) is 0 Å². The van der Waals surface area contributed by atoms with Gasteiger partial charge in [0.15, 0.2) is 5.66 Å². The highest BCUT2D eigenvalue weighted by Crippen LogP contribution is 2.23. The van der Waals surface area contributed by atoms with E-state index in [9.17, 15) is 4.79 Å². The fourth-order valence-corrected chi connectivity index (χ4v) is 1.57. The molecule has 4 N–H and O–H groups in total. The third-order valence-corrected chi connectivity index (χ3v) is 2.44. The molecule has 0 unspecified atom stereocenters. The van der Waals surface area contributed by atoms with Gasteiger partial charge in [-0.2, -0.15) is 0 Å². The summed E-state index contributed by atoms with van der Waals surface area (Å²) in [6, 6.07) is 6.94. The quantitative estimate of drug-likeness (QED) is 0.529. The van der Waals surface area contributed by atoms with Gasteiger partial charge in [-0.05, 0) is 12.1 Å². The molecule has 80 valence electrons. The Kier molecular flexibility index (Phi) is 2.34. The molecule has 0 fully saturated rings. The van der Waals surface area contributed by atoms with E-state index in [1.807, 2.05) is 0 Å². The first kappa shape index (κ1) is 9.95. The molecule has 5 heteroatoms. The smallest absolute Gasteiger partial charge is 0.255 e. The lowest BCUT2D eigenvalue weighted by Crippen LogP contribution is -2.62. The normalized spacial score (nSPS) is 17.6. The molecule has 1 heterocycles. The van der Waals surface area contributed by atoms with Crippen molar-refractivity contribution in [3.8, 4) is 0 Å². The summed E-state index contributed by atoms with van der Waals surface area (Å²) in [4.78, 5) is 11.6. The maximum Gasteiger partial charge on any atom is 0.255 e. The Balaban J connectivity index is 2.41. The molecule has 0 radical (unpaired) electrons. The summed E-state index contributed by atoms with van der Waals surface area (Å²) in [6.07, 6.45) is 0. The summed E-state index contributed by atoms with van der Waals surface area (Å²) in [6.45, 7) is -0.743. The minimum Gasteiger partial charge on any atom is -0.392 e. The molecular weight excluding hydrogens is 196 g/mol. The second kappa shape index (κ2) is 3.52. The highest BCUT2D eigenvalue weighted by atomic mass is 16.3. The van der Waals surface area contributed by atoms with Crippen molar-refractivity contribution in [1.29, 1.82) is 0 Å². The highest BCUT2D eigenvalue weighted by Gasteiger charge is 2.36. The Morgan fingerprint density at radius 2 is 1.80 bits per heavy atom. The average molecular weight is 208 g/mol. The fourth-order valence-electron chi connectivity index (χ4n) is 1.57. The number of para-hydroxylation sites is 1. The molecule has 0 bridgehead atoms. The average Bonchev–Trinajstić information content (AvgIpc) is 2.29. The molecule has 1 aliphatic rings.